The van der Waals surface area contributed by atoms with Crippen LogP contribution in [0.5, 0.6) is 0 Å². The second-order valence-electron chi connectivity index (χ2n) is 9.15. The zero-order chi connectivity index (χ0) is 25.5. The van der Waals surface area contributed by atoms with Crippen molar-refractivity contribution < 1.29 is 14.0 Å². The number of benzene rings is 2. The smallest absolute Gasteiger partial charge is 0.274 e. The lowest BCUT2D eigenvalue weighted by atomic mass is 9.94. The van der Waals surface area contributed by atoms with Gasteiger partial charge >= 0.3 is 0 Å². The zero-order valence-corrected chi connectivity index (χ0v) is 20.1. The maximum Gasteiger partial charge on any atom is 0.274 e. The number of aromatic nitrogens is 4. The van der Waals surface area contributed by atoms with E-state index in [1.807, 2.05) is 12.1 Å². The van der Waals surface area contributed by atoms with Crippen LogP contribution in [-0.4, -0.2) is 62.9 Å². The van der Waals surface area contributed by atoms with Crippen molar-refractivity contribution in [3.05, 3.63) is 83.1 Å². The number of anilines is 2. The number of hydrogen-bond donors (Lipinski definition) is 4. The molecule has 4 heterocycles. The largest absolute Gasteiger partial charge is 0.344 e. The number of H-pyrrole nitrogens is 1. The van der Waals surface area contributed by atoms with Crippen molar-refractivity contribution in [2.45, 2.75) is 13.0 Å². The van der Waals surface area contributed by atoms with Crippen molar-refractivity contribution in [1.82, 2.24) is 30.2 Å². The maximum atomic E-state index is 13.8. The van der Waals surface area contributed by atoms with Crippen LogP contribution in [0.1, 0.15) is 29.0 Å². The second kappa shape index (κ2) is 9.17. The van der Waals surface area contributed by atoms with E-state index in [9.17, 15) is 14.0 Å². The standard InChI is InChI=1S/C26H25FN8O2/c1-15-23(25(36)31-19-6-7-20-17(12-19)14-29-32-20)24(16-2-4-18(27)5-3-16)35-22(30-15)13-21(33-35)26(37)34-10-8-28-9-11-34/h2-7,12-14,24,28,30H,8-11H2,1H3,(H,29,32)(H,31,36). The predicted octanol–water partition coefficient (Wildman–Crippen LogP) is 2.87. The Bertz CT molecular complexity index is 1530. The highest BCUT2D eigenvalue weighted by Gasteiger charge is 2.35. The van der Waals surface area contributed by atoms with Gasteiger partial charge < -0.3 is 20.9 Å². The molecule has 0 radical (unpaired) electrons. The molecule has 1 atom stereocenters. The fraction of sp³-hybridized carbons (Fsp3) is 0.231. The number of fused-ring (bicyclic) bond motifs is 2. The maximum absolute atomic E-state index is 13.8. The molecule has 37 heavy (non-hydrogen) atoms. The van der Waals surface area contributed by atoms with Crippen molar-refractivity contribution >= 4 is 34.2 Å². The molecular weight excluding hydrogens is 475 g/mol. The zero-order valence-electron chi connectivity index (χ0n) is 20.1. The molecule has 0 bridgehead atoms. The first-order chi connectivity index (χ1) is 18.0. The van der Waals surface area contributed by atoms with E-state index in [4.69, 9.17) is 0 Å². The van der Waals surface area contributed by atoms with Gasteiger partial charge in [-0.1, -0.05) is 12.1 Å². The van der Waals surface area contributed by atoms with Gasteiger partial charge in [0.2, 0.25) is 0 Å². The molecular formula is C26H25FN8O2. The predicted molar refractivity (Wildman–Crippen MR) is 137 cm³/mol. The number of piperazine rings is 1. The lowest BCUT2D eigenvalue weighted by molar-refractivity contribution is -0.113. The number of carbonyl (C=O) groups is 2. The summed E-state index contributed by atoms with van der Waals surface area (Å²) >= 11 is 0. The fourth-order valence-electron chi connectivity index (χ4n) is 4.87. The molecule has 0 saturated carbocycles. The molecule has 4 aromatic rings. The monoisotopic (exact) mass is 500 g/mol. The molecule has 2 aromatic heterocycles. The van der Waals surface area contributed by atoms with Gasteiger partial charge in [-0.25, -0.2) is 9.07 Å². The normalized spacial score (nSPS) is 17.5. The number of rotatable bonds is 4. The van der Waals surface area contributed by atoms with Crippen molar-refractivity contribution in [1.29, 1.82) is 0 Å². The van der Waals surface area contributed by atoms with Gasteiger partial charge in [-0.15, -0.1) is 0 Å². The summed E-state index contributed by atoms with van der Waals surface area (Å²) in [5, 5.41) is 21.9. The number of halogens is 1. The molecule has 11 heteroatoms. The van der Waals surface area contributed by atoms with E-state index < -0.39 is 6.04 Å². The Morgan fingerprint density at radius 1 is 1.08 bits per heavy atom. The van der Waals surface area contributed by atoms with Crippen LogP contribution in [0, 0.1) is 5.82 Å². The Balaban J connectivity index is 1.37. The third-order valence-electron chi connectivity index (χ3n) is 6.73. The minimum absolute atomic E-state index is 0.167. The number of allylic oxidation sites excluding steroid dienone is 1. The van der Waals surface area contributed by atoms with Crippen LogP contribution in [0.25, 0.3) is 10.9 Å². The SMILES string of the molecule is CC1=C(C(=O)Nc2ccc3[nH]ncc3c2)C(c2ccc(F)cc2)n2nc(C(=O)N3CCNCC3)cc2N1. The van der Waals surface area contributed by atoms with E-state index in [-0.39, 0.29) is 23.3 Å². The third-order valence-corrected chi connectivity index (χ3v) is 6.73. The minimum Gasteiger partial charge on any atom is -0.344 e. The van der Waals surface area contributed by atoms with Crippen molar-refractivity contribution in [2.24, 2.45) is 0 Å². The van der Waals surface area contributed by atoms with E-state index in [0.717, 1.165) is 24.0 Å². The molecule has 2 aliphatic rings. The number of amides is 2. The van der Waals surface area contributed by atoms with Crippen molar-refractivity contribution in [2.75, 3.05) is 36.8 Å². The van der Waals surface area contributed by atoms with Crippen LogP contribution in [-0.2, 0) is 4.79 Å². The average Bonchev–Trinajstić information content (AvgIpc) is 3.55. The highest BCUT2D eigenvalue weighted by Crippen LogP contribution is 2.37. The summed E-state index contributed by atoms with van der Waals surface area (Å²) in [4.78, 5) is 28.6. The Morgan fingerprint density at radius 3 is 2.65 bits per heavy atom. The molecule has 2 aromatic carbocycles. The van der Waals surface area contributed by atoms with Crippen LogP contribution >= 0.6 is 0 Å². The number of aromatic amines is 1. The first-order valence-corrected chi connectivity index (χ1v) is 12.1. The van der Waals surface area contributed by atoms with Gasteiger partial charge in [0.15, 0.2) is 5.69 Å². The molecule has 6 rings (SSSR count). The van der Waals surface area contributed by atoms with Gasteiger partial charge in [-0.3, -0.25) is 14.7 Å². The van der Waals surface area contributed by atoms with Crippen LogP contribution in [0.2, 0.25) is 0 Å². The number of hydrogen-bond acceptors (Lipinski definition) is 6. The lowest BCUT2D eigenvalue weighted by Crippen LogP contribution is -2.46. The summed E-state index contributed by atoms with van der Waals surface area (Å²) < 4.78 is 15.4. The average molecular weight is 501 g/mol. The highest BCUT2D eigenvalue weighted by atomic mass is 19.1. The van der Waals surface area contributed by atoms with Crippen molar-refractivity contribution in [3.63, 3.8) is 0 Å². The summed E-state index contributed by atoms with van der Waals surface area (Å²) in [5.41, 5.74) is 3.46. The summed E-state index contributed by atoms with van der Waals surface area (Å²) in [6.45, 7) is 4.46. The molecule has 4 N–H and O–H groups in total. The third kappa shape index (κ3) is 4.23. The first kappa shape index (κ1) is 22.9. The van der Waals surface area contributed by atoms with Gasteiger partial charge in [0.25, 0.3) is 11.8 Å². The minimum atomic E-state index is -0.668. The summed E-state index contributed by atoms with van der Waals surface area (Å²) in [6, 6.07) is 12.5. The lowest BCUT2D eigenvalue weighted by Gasteiger charge is -2.29. The van der Waals surface area contributed by atoms with E-state index in [1.165, 1.54) is 12.1 Å². The Hall–Kier alpha value is -4.51. The molecule has 1 unspecified atom stereocenters. The number of nitrogens with zero attached hydrogens (tertiary/aromatic N) is 4. The molecule has 0 spiro atoms. The molecule has 1 saturated heterocycles. The second-order valence-corrected chi connectivity index (χ2v) is 9.15. The summed E-state index contributed by atoms with van der Waals surface area (Å²) in [6.07, 6.45) is 1.69. The van der Waals surface area contributed by atoms with Gasteiger partial charge in [0.1, 0.15) is 17.7 Å². The van der Waals surface area contributed by atoms with Crippen LogP contribution < -0.4 is 16.0 Å². The first-order valence-electron chi connectivity index (χ1n) is 12.1. The van der Waals surface area contributed by atoms with Gasteiger partial charge in [-0.2, -0.15) is 10.2 Å². The molecule has 10 nitrogen and oxygen atoms in total. The topological polar surface area (TPSA) is 120 Å². The van der Waals surface area contributed by atoms with Gasteiger partial charge in [0.05, 0.1) is 17.3 Å². The molecule has 2 aliphatic heterocycles. The molecule has 1 fully saturated rings. The fourth-order valence-corrected chi connectivity index (χ4v) is 4.87. The van der Waals surface area contributed by atoms with Gasteiger partial charge in [0, 0.05) is 49.0 Å². The summed E-state index contributed by atoms with van der Waals surface area (Å²) in [5.74, 6) is -0.298. The van der Waals surface area contributed by atoms with Crippen LogP contribution in [0.3, 0.4) is 0 Å². The summed E-state index contributed by atoms with van der Waals surface area (Å²) in [7, 11) is 0. The number of carbonyl (C=O) groups excluding carboxylic acids is 2. The Morgan fingerprint density at radius 2 is 1.86 bits per heavy atom. The van der Waals surface area contributed by atoms with E-state index in [2.05, 4.69) is 31.2 Å². The highest BCUT2D eigenvalue weighted by molar-refractivity contribution is 6.07. The Labute approximate surface area is 211 Å². The van der Waals surface area contributed by atoms with Crippen LogP contribution in [0.15, 0.2) is 66.0 Å². The quantitative estimate of drug-likeness (QED) is 0.342. The Kier molecular flexibility index (Phi) is 5.68. The van der Waals surface area contributed by atoms with Crippen molar-refractivity contribution in [3.8, 4) is 0 Å². The van der Waals surface area contributed by atoms with Gasteiger partial charge in [-0.05, 0) is 42.8 Å². The van der Waals surface area contributed by atoms with E-state index >= 15 is 0 Å². The number of nitrogens with one attached hydrogen (secondary N) is 4. The molecule has 188 valence electrons. The molecule has 0 aliphatic carbocycles. The molecule has 2 amide bonds. The van der Waals surface area contributed by atoms with E-state index in [1.54, 1.807) is 47.0 Å². The van der Waals surface area contributed by atoms with Crippen LogP contribution in [0.4, 0.5) is 15.9 Å². The van der Waals surface area contributed by atoms with E-state index in [0.29, 0.717) is 41.4 Å².